The van der Waals surface area contributed by atoms with Gasteiger partial charge < -0.3 is 5.32 Å². The summed E-state index contributed by atoms with van der Waals surface area (Å²) in [5.41, 5.74) is 1.24. The largest absolute Gasteiger partial charge is 0.322 e. The number of hydrogen-bond donors (Lipinski definition) is 2. The van der Waals surface area contributed by atoms with Crippen molar-refractivity contribution in [1.82, 2.24) is 4.31 Å². The third-order valence-corrected chi connectivity index (χ3v) is 9.54. The summed E-state index contributed by atoms with van der Waals surface area (Å²) >= 11 is 12.0. The number of aryl methyl sites for hydroxylation is 1. The monoisotopic (exact) mass is 569 g/mol. The zero-order chi connectivity index (χ0) is 26.7. The van der Waals surface area contributed by atoms with Gasteiger partial charge in [0.25, 0.3) is 15.9 Å². The second-order valence-electron chi connectivity index (χ2n) is 7.78. The van der Waals surface area contributed by atoms with Gasteiger partial charge in [0.05, 0.1) is 9.92 Å². The highest BCUT2D eigenvalue weighted by molar-refractivity contribution is 7.92. The van der Waals surface area contributed by atoms with E-state index >= 15 is 0 Å². The molecule has 8 nitrogen and oxygen atoms in total. The summed E-state index contributed by atoms with van der Waals surface area (Å²) in [5, 5.41) is 3.13. The van der Waals surface area contributed by atoms with Crippen LogP contribution in [0.3, 0.4) is 0 Å². The fourth-order valence-electron chi connectivity index (χ4n) is 3.37. The summed E-state index contributed by atoms with van der Waals surface area (Å²) in [6.45, 7) is 5.61. The Bertz CT molecular complexity index is 1490. The third kappa shape index (κ3) is 6.19. The standard InChI is InChI=1S/C24H25Cl2N3O5S2/c1-4-29(5-2)36(33,34)23-14-17(7-13-21(23)26)24(30)27-22-15-20(12-6-16(22)3)35(31,32)28-19-10-8-18(25)9-11-19/h6-15,28H,4-5H2,1-3H3,(H,27,30). The van der Waals surface area contributed by atoms with E-state index in [0.29, 0.717) is 16.3 Å². The van der Waals surface area contributed by atoms with E-state index in [4.69, 9.17) is 23.2 Å². The Kier molecular flexibility index (Phi) is 8.68. The Balaban J connectivity index is 1.90. The van der Waals surface area contributed by atoms with Gasteiger partial charge in [0.2, 0.25) is 10.0 Å². The van der Waals surface area contributed by atoms with Crippen LogP contribution >= 0.6 is 23.2 Å². The zero-order valence-electron chi connectivity index (χ0n) is 19.7. The molecule has 0 fully saturated rings. The minimum Gasteiger partial charge on any atom is -0.322 e. The van der Waals surface area contributed by atoms with Gasteiger partial charge in [-0.05, 0) is 67.1 Å². The summed E-state index contributed by atoms with van der Waals surface area (Å²) in [7, 11) is -7.86. The van der Waals surface area contributed by atoms with Crippen molar-refractivity contribution in [2.24, 2.45) is 0 Å². The molecule has 0 aromatic heterocycles. The molecular formula is C24H25Cl2N3O5S2. The van der Waals surface area contributed by atoms with Gasteiger partial charge in [0, 0.05) is 35.1 Å². The molecule has 0 aliphatic carbocycles. The number of nitrogens with one attached hydrogen (secondary N) is 2. The van der Waals surface area contributed by atoms with Crippen LogP contribution in [-0.4, -0.2) is 40.1 Å². The maximum absolute atomic E-state index is 13.0. The van der Waals surface area contributed by atoms with Crippen LogP contribution in [0.2, 0.25) is 10.0 Å². The topological polar surface area (TPSA) is 113 Å². The van der Waals surface area contributed by atoms with Gasteiger partial charge in [-0.15, -0.1) is 0 Å². The van der Waals surface area contributed by atoms with Crippen LogP contribution in [0, 0.1) is 6.92 Å². The van der Waals surface area contributed by atoms with Crippen LogP contribution in [0.4, 0.5) is 11.4 Å². The van der Waals surface area contributed by atoms with Gasteiger partial charge in [0.1, 0.15) is 4.90 Å². The number of carbonyl (C=O) groups excluding carboxylic acids is 1. The quantitative estimate of drug-likeness (QED) is 0.359. The highest BCUT2D eigenvalue weighted by atomic mass is 35.5. The predicted molar refractivity (Wildman–Crippen MR) is 143 cm³/mol. The Morgan fingerprint density at radius 1 is 0.889 bits per heavy atom. The van der Waals surface area contributed by atoms with Crippen LogP contribution in [0.15, 0.2) is 70.5 Å². The van der Waals surface area contributed by atoms with Crippen LogP contribution < -0.4 is 10.0 Å². The Hall–Kier alpha value is -2.63. The summed E-state index contributed by atoms with van der Waals surface area (Å²) in [6.07, 6.45) is 0. The summed E-state index contributed by atoms with van der Waals surface area (Å²) < 4.78 is 55.4. The van der Waals surface area contributed by atoms with Gasteiger partial charge >= 0.3 is 0 Å². The number of nitrogens with zero attached hydrogens (tertiary/aromatic N) is 1. The molecule has 0 bridgehead atoms. The molecule has 3 aromatic carbocycles. The van der Waals surface area contributed by atoms with Crippen molar-refractivity contribution < 1.29 is 21.6 Å². The van der Waals surface area contributed by atoms with E-state index in [1.807, 2.05) is 0 Å². The molecule has 2 N–H and O–H groups in total. The van der Waals surface area contributed by atoms with E-state index in [1.165, 1.54) is 46.8 Å². The van der Waals surface area contributed by atoms with Crippen molar-refractivity contribution in [1.29, 1.82) is 0 Å². The number of carbonyl (C=O) groups is 1. The van der Waals surface area contributed by atoms with Crippen LogP contribution in [0.1, 0.15) is 29.8 Å². The number of halogens is 2. The van der Waals surface area contributed by atoms with Crippen LogP contribution in [-0.2, 0) is 20.0 Å². The first kappa shape index (κ1) is 27.9. The lowest BCUT2D eigenvalue weighted by Gasteiger charge is -2.19. The van der Waals surface area contributed by atoms with Crippen molar-refractivity contribution >= 4 is 60.5 Å². The summed E-state index contributed by atoms with van der Waals surface area (Å²) in [6, 6.07) is 14.4. The van der Waals surface area contributed by atoms with E-state index in [2.05, 4.69) is 10.0 Å². The second kappa shape index (κ2) is 11.2. The molecule has 36 heavy (non-hydrogen) atoms. The van der Waals surface area contributed by atoms with Gasteiger partial charge in [-0.2, -0.15) is 4.31 Å². The lowest BCUT2D eigenvalue weighted by atomic mass is 10.1. The number of hydrogen-bond acceptors (Lipinski definition) is 5. The number of anilines is 2. The molecule has 12 heteroatoms. The van der Waals surface area contributed by atoms with Crippen molar-refractivity contribution in [3.8, 4) is 0 Å². The average Bonchev–Trinajstić information content (AvgIpc) is 2.82. The molecule has 192 valence electrons. The van der Waals surface area contributed by atoms with E-state index < -0.39 is 26.0 Å². The number of rotatable bonds is 9. The molecule has 0 saturated carbocycles. The van der Waals surface area contributed by atoms with E-state index in [-0.39, 0.29) is 39.2 Å². The van der Waals surface area contributed by atoms with E-state index in [1.54, 1.807) is 39.0 Å². The minimum atomic E-state index is -3.96. The van der Waals surface area contributed by atoms with Crippen LogP contribution in [0.5, 0.6) is 0 Å². The molecule has 0 aliphatic heterocycles. The van der Waals surface area contributed by atoms with E-state index in [9.17, 15) is 21.6 Å². The lowest BCUT2D eigenvalue weighted by Crippen LogP contribution is -2.31. The third-order valence-electron chi connectivity index (χ3n) is 5.38. The average molecular weight is 571 g/mol. The SMILES string of the molecule is CCN(CC)S(=O)(=O)c1cc(C(=O)Nc2cc(S(=O)(=O)Nc3ccc(Cl)cc3)ccc2C)ccc1Cl. The van der Waals surface area contributed by atoms with Gasteiger partial charge in [-0.1, -0.05) is 43.1 Å². The maximum atomic E-state index is 13.0. The molecule has 3 rings (SSSR count). The first-order valence-electron chi connectivity index (χ1n) is 10.9. The molecule has 0 radical (unpaired) electrons. The first-order chi connectivity index (χ1) is 16.9. The number of benzene rings is 3. The van der Waals surface area contributed by atoms with Crippen molar-refractivity contribution in [2.45, 2.75) is 30.6 Å². The molecular weight excluding hydrogens is 545 g/mol. The van der Waals surface area contributed by atoms with Crippen molar-refractivity contribution in [3.05, 3.63) is 81.8 Å². The Morgan fingerprint density at radius 2 is 1.53 bits per heavy atom. The molecule has 0 aliphatic rings. The maximum Gasteiger partial charge on any atom is 0.261 e. The normalized spacial score (nSPS) is 11.9. The predicted octanol–water partition coefficient (Wildman–Crippen LogP) is 5.39. The smallest absolute Gasteiger partial charge is 0.261 e. The molecule has 1 amide bonds. The van der Waals surface area contributed by atoms with Crippen molar-refractivity contribution in [2.75, 3.05) is 23.1 Å². The van der Waals surface area contributed by atoms with E-state index in [0.717, 1.165) is 0 Å². The first-order valence-corrected chi connectivity index (χ1v) is 14.6. The molecule has 0 spiro atoms. The summed E-state index contributed by atoms with van der Waals surface area (Å²) in [5.74, 6) is -0.619. The lowest BCUT2D eigenvalue weighted by molar-refractivity contribution is 0.102. The van der Waals surface area contributed by atoms with Crippen LogP contribution in [0.25, 0.3) is 0 Å². The van der Waals surface area contributed by atoms with Crippen molar-refractivity contribution in [3.63, 3.8) is 0 Å². The highest BCUT2D eigenvalue weighted by Gasteiger charge is 2.26. The molecule has 0 unspecified atom stereocenters. The van der Waals surface area contributed by atoms with Gasteiger partial charge in [-0.25, -0.2) is 16.8 Å². The van der Waals surface area contributed by atoms with Gasteiger partial charge in [0.15, 0.2) is 0 Å². The molecule has 0 saturated heterocycles. The molecule has 3 aromatic rings. The Morgan fingerprint density at radius 3 is 2.14 bits per heavy atom. The molecule has 0 heterocycles. The highest BCUT2D eigenvalue weighted by Crippen LogP contribution is 2.28. The number of amides is 1. The fourth-order valence-corrected chi connectivity index (χ4v) is 6.54. The Labute approximate surface area is 221 Å². The summed E-state index contributed by atoms with van der Waals surface area (Å²) in [4.78, 5) is 12.8. The minimum absolute atomic E-state index is 0.00371. The van der Waals surface area contributed by atoms with Gasteiger partial charge in [-0.3, -0.25) is 9.52 Å². The number of sulfonamides is 2. The zero-order valence-corrected chi connectivity index (χ0v) is 22.9. The molecule has 0 atom stereocenters. The second-order valence-corrected chi connectivity index (χ2v) is 12.2. The fraction of sp³-hybridized carbons (Fsp3) is 0.208.